The van der Waals surface area contributed by atoms with E-state index in [2.05, 4.69) is 4.74 Å². The Kier molecular flexibility index (Phi) is 2.86. The molecule has 0 amide bonds. The van der Waals surface area contributed by atoms with Crippen molar-refractivity contribution in [1.29, 1.82) is 0 Å². The van der Waals surface area contributed by atoms with Gasteiger partial charge in [-0.25, -0.2) is 0 Å². The molecule has 0 bridgehead atoms. The number of benzene rings is 1. The molecule has 1 atom stereocenters. The summed E-state index contributed by atoms with van der Waals surface area (Å²) in [6, 6.07) is 6.40. The first-order valence-corrected chi connectivity index (χ1v) is 4.90. The fraction of sp³-hybridized carbons (Fsp3) is 0.455. The van der Waals surface area contributed by atoms with E-state index in [9.17, 15) is 13.9 Å². The van der Waals surface area contributed by atoms with Gasteiger partial charge in [0.2, 0.25) is 0 Å². The van der Waals surface area contributed by atoms with Gasteiger partial charge in [0.15, 0.2) is 0 Å². The van der Waals surface area contributed by atoms with E-state index in [0.717, 1.165) is 12.8 Å². The number of aliphatic hydroxyl groups excluding tert-OH is 1. The highest BCUT2D eigenvalue weighted by atomic mass is 19.3. The predicted octanol–water partition coefficient (Wildman–Crippen LogP) is 2.73. The summed E-state index contributed by atoms with van der Waals surface area (Å²) in [4.78, 5) is 0. The lowest BCUT2D eigenvalue weighted by molar-refractivity contribution is -0.0517. The average molecular weight is 214 g/mol. The third kappa shape index (κ3) is 2.45. The molecule has 4 heteroatoms. The van der Waals surface area contributed by atoms with Crippen molar-refractivity contribution in [2.24, 2.45) is 5.92 Å². The molecule has 0 saturated heterocycles. The van der Waals surface area contributed by atoms with E-state index in [1.54, 1.807) is 18.2 Å². The Morgan fingerprint density at radius 2 is 1.93 bits per heavy atom. The van der Waals surface area contributed by atoms with Crippen molar-refractivity contribution in [3.05, 3.63) is 29.8 Å². The van der Waals surface area contributed by atoms with E-state index in [4.69, 9.17) is 0 Å². The first-order chi connectivity index (χ1) is 7.18. The van der Waals surface area contributed by atoms with Crippen molar-refractivity contribution in [3.8, 4) is 5.75 Å². The monoisotopic (exact) mass is 214 g/mol. The summed E-state index contributed by atoms with van der Waals surface area (Å²) in [5.41, 5.74) is 0.459. The average Bonchev–Trinajstić information content (AvgIpc) is 3.00. The highest BCUT2D eigenvalue weighted by Crippen LogP contribution is 2.43. The van der Waals surface area contributed by atoms with Gasteiger partial charge in [-0.05, 0) is 24.8 Å². The van der Waals surface area contributed by atoms with Crippen molar-refractivity contribution in [2.75, 3.05) is 0 Å². The zero-order valence-corrected chi connectivity index (χ0v) is 8.07. The summed E-state index contributed by atoms with van der Waals surface area (Å²) < 4.78 is 28.5. The lowest BCUT2D eigenvalue weighted by Gasteiger charge is -2.14. The minimum atomic E-state index is -2.85. The number of aliphatic hydroxyl groups is 1. The molecular weight excluding hydrogens is 202 g/mol. The van der Waals surface area contributed by atoms with Crippen LogP contribution in [0.3, 0.4) is 0 Å². The third-order valence-electron chi connectivity index (χ3n) is 2.52. The van der Waals surface area contributed by atoms with Crippen LogP contribution in [0.1, 0.15) is 24.5 Å². The lowest BCUT2D eigenvalue weighted by Crippen LogP contribution is -2.07. The fourth-order valence-electron chi connectivity index (χ4n) is 1.59. The second-order valence-electron chi connectivity index (χ2n) is 3.70. The zero-order chi connectivity index (χ0) is 10.8. The molecular formula is C11H12F2O2. The Balaban J connectivity index is 2.20. The van der Waals surface area contributed by atoms with Gasteiger partial charge in [-0.2, -0.15) is 8.78 Å². The standard InChI is InChI=1S/C11H12F2O2/c12-11(13)15-9-4-2-1-3-8(9)10(14)7-5-6-7/h1-4,7,10-11,14H,5-6H2. The van der Waals surface area contributed by atoms with Gasteiger partial charge in [0, 0.05) is 5.56 Å². The van der Waals surface area contributed by atoms with Crippen LogP contribution < -0.4 is 4.74 Å². The normalized spacial score (nSPS) is 17.9. The molecule has 1 aliphatic carbocycles. The highest BCUT2D eigenvalue weighted by Gasteiger charge is 2.32. The minimum Gasteiger partial charge on any atom is -0.434 e. The van der Waals surface area contributed by atoms with Crippen LogP contribution in [-0.4, -0.2) is 11.7 Å². The van der Waals surface area contributed by atoms with E-state index in [1.807, 2.05) is 0 Å². The molecule has 1 aliphatic rings. The Hall–Kier alpha value is -1.16. The molecule has 0 heterocycles. The Morgan fingerprint density at radius 1 is 1.27 bits per heavy atom. The number of hydrogen-bond donors (Lipinski definition) is 1. The second kappa shape index (κ2) is 4.14. The maximum atomic E-state index is 12.1. The van der Waals surface area contributed by atoms with Crippen molar-refractivity contribution >= 4 is 0 Å². The number of ether oxygens (including phenoxy) is 1. The van der Waals surface area contributed by atoms with Crippen molar-refractivity contribution < 1.29 is 18.6 Å². The van der Waals surface area contributed by atoms with E-state index < -0.39 is 12.7 Å². The van der Waals surface area contributed by atoms with Crippen molar-refractivity contribution in [3.63, 3.8) is 0 Å². The Labute approximate surface area is 86.5 Å². The second-order valence-corrected chi connectivity index (χ2v) is 3.70. The zero-order valence-electron chi connectivity index (χ0n) is 8.07. The van der Waals surface area contributed by atoms with Gasteiger partial charge in [0.05, 0.1) is 6.10 Å². The van der Waals surface area contributed by atoms with Crippen LogP contribution in [0.15, 0.2) is 24.3 Å². The molecule has 0 radical (unpaired) electrons. The number of halogens is 2. The van der Waals surface area contributed by atoms with Crippen LogP contribution in [0.4, 0.5) is 8.78 Å². The number of hydrogen-bond acceptors (Lipinski definition) is 2. The minimum absolute atomic E-state index is 0.0758. The van der Waals surface area contributed by atoms with Crippen molar-refractivity contribution in [2.45, 2.75) is 25.6 Å². The molecule has 1 unspecified atom stereocenters. The van der Waals surface area contributed by atoms with Gasteiger partial charge in [-0.15, -0.1) is 0 Å². The summed E-state index contributed by atoms with van der Waals surface area (Å²) in [5.74, 6) is 0.277. The largest absolute Gasteiger partial charge is 0.434 e. The van der Waals surface area contributed by atoms with Gasteiger partial charge in [0.1, 0.15) is 5.75 Å². The quantitative estimate of drug-likeness (QED) is 0.835. The molecule has 1 fully saturated rings. The summed E-state index contributed by atoms with van der Waals surface area (Å²) in [7, 11) is 0. The molecule has 15 heavy (non-hydrogen) atoms. The summed E-state index contributed by atoms with van der Waals surface area (Å²) in [6.07, 6.45) is 1.22. The van der Waals surface area contributed by atoms with Gasteiger partial charge in [-0.3, -0.25) is 0 Å². The van der Waals surface area contributed by atoms with Crippen LogP contribution in [0.25, 0.3) is 0 Å². The van der Waals surface area contributed by atoms with Crippen LogP contribution in [0.5, 0.6) is 5.75 Å². The van der Waals surface area contributed by atoms with E-state index in [0.29, 0.717) is 5.56 Å². The van der Waals surface area contributed by atoms with Crippen LogP contribution in [-0.2, 0) is 0 Å². The summed E-state index contributed by atoms with van der Waals surface area (Å²) in [5, 5.41) is 9.83. The van der Waals surface area contributed by atoms with Crippen molar-refractivity contribution in [1.82, 2.24) is 0 Å². The van der Waals surface area contributed by atoms with Gasteiger partial charge in [0.25, 0.3) is 0 Å². The molecule has 1 saturated carbocycles. The Bertz CT molecular complexity index is 337. The highest BCUT2D eigenvalue weighted by molar-refractivity contribution is 5.35. The molecule has 2 nitrogen and oxygen atoms in total. The maximum Gasteiger partial charge on any atom is 0.387 e. The smallest absolute Gasteiger partial charge is 0.387 e. The van der Waals surface area contributed by atoms with E-state index >= 15 is 0 Å². The Morgan fingerprint density at radius 3 is 2.53 bits per heavy atom. The third-order valence-corrected chi connectivity index (χ3v) is 2.52. The van der Waals surface area contributed by atoms with Gasteiger partial charge < -0.3 is 9.84 Å². The molecule has 0 aliphatic heterocycles. The van der Waals surface area contributed by atoms with Crippen LogP contribution in [0.2, 0.25) is 0 Å². The number of para-hydroxylation sites is 1. The van der Waals surface area contributed by atoms with Crippen LogP contribution >= 0.6 is 0 Å². The fourth-order valence-corrected chi connectivity index (χ4v) is 1.59. The first-order valence-electron chi connectivity index (χ1n) is 4.90. The molecule has 1 aromatic carbocycles. The lowest BCUT2D eigenvalue weighted by atomic mass is 10.0. The maximum absolute atomic E-state index is 12.1. The van der Waals surface area contributed by atoms with E-state index in [-0.39, 0.29) is 11.7 Å². The molecule has 0 spiro atoms. The SMILES string of the molecule is OC(c1ccccc1OC(F)F)C1CC1. The summed E-state index contributed by atoms with van der Waals surface area (Å²) in [6.45, 7) is -2.85. The first kappa shape index (κ1) is 10.4. The molecule has 1 N–H and O–H groups in total. The molecule has 2 rings (SSSR count). The topological polar surface area (TPSA) is 29.5 Å². The van der Waals surface area contributed by atoms with Gasteiger partial charge >= 0.3 is 6.61 Å². The van der Waals surface area contributed by atoms with Crippen LogP contribution in [0, 0.1) is 5.92 Å². The molecule has 1 aromatic rings. The predicted molar refractivity (Wildman–Crippen MR) is 50.8 cm³/mol. The molecule has 82 valence electrons. The van der Waals surface area contributed by atoms with E-state index in [1.165, 1.54) is 6.07 Å². The molecule has 0 aromatic heterocycles. The number of alkyl halides is 2. The summed E-state index contributed by atoms with van der Waals surface area (Å²) >= 11 is 0. The number of rotatable bonds is 4. The van der Waals surface area contributed by atoms with Gasteiger partial charge in [-0.1, -0.05) is 18.2 Å².